The van der Waals surface area contributed by atoms with Gasteiger partial charge in [0.2, 0.25) is 5.82 Å². The third-order valence-corrected chi connectivity index (χ3v) is 5.78. The van der Waals surface area contributed by atoms with E-state index in [0.29, 0.717) is 48.2 Å². The van der Waals surface area contributed by atoms with Gasteiger partial charge in [-0.1, -0.05) is 23.4 Å². The molecule has 8 nitrogen and oxygen atoms in total. The Balaban J connectivity index is 1.59. The molecule has 1 atom stereocenters. The molecule has 0 aliphatic heterocycles. The molecule has 1 heterocycles. The molecule has 0 bridgehead atoms. The van der Waals surface area contributed by atoms with Gasteiger partial charge in [0.25, 0.3) is 12.4 Å². The Morgan fingerprint density at radius 2 is 2.18 bits per heavy atom. The van der Waals surface area contributed by atoms with Gasteiger partial charge >= 0.3 is 0 Å². The first-order valence-corrected chi connectivity index (χ1v) is 10.9. The zero-order valence-corrected chi connectivity index (χ0v) is 18.9. The number of benzene rings is 2. The monoisotopic (exact) mass is 446 g/mol. The van der Waals surface area contributed by atoms with E-state index in [1.165, 1.54) is 11.1 Å². The average molecular weight is 447 g/mol. The van der Waals surface area contributed by atoms with Gasteiger partial charge in [-0.25, -0.2) is 0 Å². The average Bonchev–Trinajstić information content (AvgIpc) is 3.46. The Kier molecular flexibility index (Phi) is 6.71. The van der Waals surface area contributed by atoms with Crippen LogP contribution in [0, 0.1) is 11.3 Å². The van der Waals surface area contributed by atoms with E-state index < -0.39 is 0 Å². The summed E-state index contributed by atoms with van der Waals surface area (Å²) in [7, 11) is 2.03. The highest BCUT2D eigenvalue weighted by molar-refractivity contribution is 5.67. The number of likely N-dealkylation sites (N-methyl/N-ethyl adjacent to an activating group) is 1. The van der Waals surface area contributed by atoms with Gasteiger partial charge in [-0.3, -0.25) is 9.69 Å². The smallest absolute Gasteiger partial charge is 0.293 e. The van der Waals surface area contributed by atoms with E-state index in [-0.39, 0.29) is 12.1 Å². The van der Waals surface area contributed by atoms with Gasteiger partial charge in [-0.05, 0) is 63.1 Å². The number of hydrogen-bond donors (Lipinski definition) is 0. The molecule has 1 aromatic heterocycles. The van der Waals surface area contributed by atoms with Crippen molar-refractivity contribution in [1.29, 1.82) is 5.26 Å². The van der Waals surface area contributed by atoms with Gasteiger partial charge in [-0.15, -0.1) is 0 Å². The number of nitriles is 1. The zero-order chi connectivity index (χ0) is 23.4. The lowest BCUT2D eigenvalue weighted by Gasteiger charge is -2.24. The second kappa shape index (κ2) is 9.84. The quantitative estimate of drug-likeness (QED) is 0.357. The highest BCUT2D eigenvalue weighted by atomic mass is 16.5. The summed E-state index contributed by atoms with van der Waals surface area (Å²) in [5.41, 5.74) is 4.47. The molecule has 4 rings (SSSR count). The van der Waals surface area contributed by atoms with Crippen molar-refractivity contribution >= 4 is 6.47 Å². The van der Waals surface area contributed by atoms with E-state index in [2.05, 4.69) is 27.2 Å². The number of hydrogen-bond acceptors (Lipinski definition) is 8. The highest BCUT2D eigenvalue weighted by Crippen LogP contribution is 2.40. The van der Waals surface area contributed by atoms with E-state index in [0.717, 1.165) is 18.4 Å². The van der Waals surface area contributed by atoms with Crippen molar-refractivity contribution in [1.82, 2.24) is 15.0 Å². The van der Waals surface area contributed by atoms with Crippen LogP contribution in [0.15, 0.2) is 40.9 Å². The Hall–Kier alpha value is -3.70. The molecule has 0 radical (unpaired) electrons. The van der Waals surface area contributed by atoms with E-state index in [1.54, 1.807) is 12.1 Å². The summed E-state index contributed by atoms with van der Waals surface area (Å²) < 4.78 is 16.1. The van der Waals surface area contributed by atoms with Crippen LogP contribution in [0.5, 0.6) is 5.75 Å². The SMILES string of the molecule is CC(C)Oc1ccc(-c2nc(-c3cccc4c3CCC4N(C)CCOC=O)no2)cc1C#N. The van der Waals surface area contributed by atoms with Crippen LogP contribution in [0.2, 0.25) is 0 Å². The minimum absolute atomic E-state index is 0.0291. The summed E-state index contributed by atoms with van der Waals surface area (Å²) in [5, 5.41) is 13.7. The maximum Gasteiger partial charge on any atom is 0.293 e. The van der Waals surface area contributed by atoms with Crippen molar-refractivity contribution in [3.8, 4) is 34.7 Å². The maximum atomic E-state index is 10.4. The zero-order valence-electron chi connectivity index (χ0n) is 18.9. The van der Waals surface area contributed by atoms with Crippen LogP contribution < -0.4 is 4.74 Å². The first-order valence-electron chi connectivity index (χ1n) is 10.9. The molecule has 33 heavy (non-hydrogen) atoms. The molecule has 1 unspecified atom stereocenters. The van der Waals surface area contributed by atoms with E-state index in [1.807, 2.05) is 39.1 Å². The normalized spacial score (nSPS) is 14.8. The number of aromatic nitrogens is 2. The van der Waals surface area contributed by atoms with Crippen LogP contribution in [0.25, 0.3) is 22.8 Å². The van der Waals surface area contributed by atoms with Gasteiger partial charge in [0.15, 0.2) is 0 Å². The molecule has 0 amide bonds. The minimum Gasteiger partial charge on any atom is -0.490 e. The molecule has 8 heteroatoms. The van der Waals surface area contributed by atoms with Crippen LogP contribution in [-0.2, 0) is 16.0 Å². The molecule has 1 aliphatic rings. The number of carbonyl (C=O) groups is 1. The van der Waals surface area contributed by atoms with Gasteiger partial charge in [0.05, 0.1) is 11.7 Å². The van der Waals surface area contributed by atoms with E-state index in [9.17, 15) is 10.1 Å². The topological polar surface area (TPSA) is 101 Å². The highest BCUT2D eigenvalue weighted by Gasteiger charge is 2.29. The number of carbonyl (C=O) groups excluding carboxylic acids is 1. The lowest BCUT2D eigenvalue weighted by Crippen LogP contribution is -2.26. The van der Waals surface area contributed by atoms with Crippen molar-refractivity contribution in [2.24, 2.45) is 0 Å². The second-order valence-corrected chi connectivity index (χ2v) is 8.29. The Labute approximate surface area is 192 Å². The summed E-state index contributed by atoms with van der Waals surface area (Å²) in [4.78, 5) is 17.2. The number of ether oxygens (including phenoxy) is 2. The molecule has 3 aromatic rings. The van der Waals surface area contributed by atoms with Gasteiger partial charge in [0.1, 0.15) is 18.4 Å². The number of rotatable bonds is 9. The number of fused-ring (bicyclic) bond motifs is 1. The van der Waals surface area contributed by atoms with Crippen molar-refractivity contribution < 1.29 is 18.8 Å². The molecule has 0 saturated carbocycles. The lowest BCUT2D eigenvalue weighted by atomic mass is 10.0. The van der Waals surface area contributed by atoms with Crippen LogP contribution in [-0.4, -0.2) is 47.8 Å². The third-order valence-electron chi connectivity index (χ3n) is 5.78. The van der Waals surface area contributed by atoms with Crippen LogP contribution in [0.1, 0.15) is 43.0 Å². The van der Waals surface area contributed by atoms with Crippen molar-refractivity contribution in [3.05, 3.63) is 53.1 Å². The minimum atomic E-state index is -0.0291. The molecule has 1 aliphatic carbocycles. The van der Waals surface area contributed by atoms with E-state index in [4.69, 9.17) is 14.0 Å². The van der Waals surface area contributed by atoms with Crippen LogP contribution in [0.4, 0.5) is 0 Å². The molecule has 0 saturated heterocycles. The fraction of sp³-hybridized carbons (Fsp3) is 0.360. The molecule has 0 spiro atoms. The summed E-state index contributed by atoms with van der Waals surface area (Å²) in [6, 6.07) is 13.8. The summed E-state index contributed by atoms with van der Waals surface area (Å²) in [6.45, 7) is 5.34. The summed E-state index contributed by atoms with van der Waals surface area (Å²) in [6.07, 6.45) is 1.84. The second-order valence-electron chi connectivity index (χ2n) is 8.29. The Morgan fingerprint density at radius 3 is 2.94 bits per heavy atom. The summed E-state index contributed by atoms with van der Waals surface area (Å²) >= 11 is 0. The molecular weight excluding hydrogens is 420 g/mol. The Morgan fingerprint density at radius 1 is 1.33 bits per heavy atom. The van der Waals surface area contributed by atoms with Crippen LogP contribution >= 0.6 is 0 Å². The number of nitrogens with zero attached hydrogens (tertiary/aromatic N) is 4. The third kappa shape index (κ3) is 4.73. The molecule has 2 aromatic carbocycles. The van der Waals surface area contributed by atoms with Gasteiger partial charge < -0.3 is 14.0 Å². The lowest BCUT2D eigenvalue weighted by molar-refractivity contribution is -0.129. The molecule has 0 N–H and O–H groups in total. The van der Waals surface area contributed by atoms with Crippen molar-refractivity contribution in [3.63, 3.8) is 0 Å². The van der Waals surface area contributed by atoms with Gasteiger partial charge in [-0.2, -0.15) is 10.2 Å². The standard InChI is InChI=1S/C25H26N4O4/c1-16(2)32-23-10-7-17(13-18(23)14-26)25-27-24(28-33-25)21-6-4-5-20-19(21)8-9-22(20)29(3)11-12-31-15-30/h4-7,10,13,15-16,22H,8-9,11-12H2,1-3H3. The molecular formula is C25H26N4O4. The van der Waals surface area contributed by atoms with E-state index >= 15 is 0 Å². The maximum absolute atomic E-state index is 10.4. The predicted molar refractivity (Wildman–Crippen MR) is 121 cm³/mol. The van der Waals surface area contributed by atoms with Gasteiger partial charge in [0, 0.05) is 23.7 Å². The largest absolute Gasteiger partial charge is 0.490 e. The van der Waals surface area contributed by atoms with Crippen LogP contribution in [0.3, 0.4) is 0 Å². The van der Waals surface area contributed by atoms with Crippen molar-refractivity contribution in [2.45, 2.75) is 38.8 Å². The van der Waals surface area contributed by atoms with Crippen molar-refractivity contribution in [2.75, 3.05) is 20.2 Å². The fourth-order valence-corrected chi connectivity index (χ4v) is 4.26. The fourth-order valence-electron chi connectivity index (χ4n) is 4.26. The molecule has 170 valence electrons. The summed E-state index contributed by atoms with van der Waals surface area (Å²) in [5.74, 6) is 1.41. The first-order chi connectivity index (χ1) is 16.0. The molecule has 0 fully saturated rings. The predicted octanol–water partition coefficient (Wildman–Crippen LogP) is 4.15. The first kappa shape index (κ1) is 22.5. The Bertz CT molecular complexity index is 1180.